The Morgan fingerprint density at radius 3 is 2.23 bits per heavy atom. The van der Waals surface area contributed by atoms with E-state index in [1.165, 1.54) is 0 Å². The zero-order chi connectivity index (χ0) is 19.4. The van der Waals surface area contributed by atoms with Crippen LogP contribution in [-0.2, 0) is 14.2 Å². The van der Waals surface area contributed by atoms with E-state index in [-0.39, 0.29) is 36.1 Å². The maximum Gasteiger partial charge on any atom is 0.111 e. The average Bonchev–Trinajstić information content (AvgIpc) is 2.56. The van der Waals surface area contributed by atoms with Crippen LogP contribution in [-0.4, -0.2) is 62.4 Å². The lowest BCUT2D eigenvalue weighted by molar-refractivity contribution is -0.302. The normalized spacial score (nSPS) is 48.5. The van der Waals surface area contributed by atoms with Crippen molar-refractivity contribution in [1.82, 2.24) is 0 Å². The highest BCUT2D eigenvalue weighted by Crippen LogP contribution is 2.48. The first-order valence-electron chi connectivity index (χ1n) is 9.93. The third-order valence-corrected chi connectivity index (χ3v) is 8.42. The maximum absolute atomic E-state index is 10.4. The number of rotatable bonds is 3. The van der Waals surface area contributed by atoms with E-state index in [9.17, 15) is 10.2 Å². The van der Waals surface area contributed by atoms with Crippen LogP contribution in [0.5, 0.6) is 0 Å². The summed E-state index contributed by atoms with van der Waals surface area (Å²) in [5.74, 6) is 0. The fourth-order valence-electron chi connectivity index (χ4n) is 4.88. The number of hydrogen-bond donors (Lipinski definition) is 2. The Morgan fingerprint density at radius 1 is 1.00 bits per heavy atom. The maximum atomic E-state index is 10.4. The summed E-state index contributed by atoms with van der Waals surface area (Å²) in [6, 6.07) is 0. The van der Waals surface area contributed by atoms with Gasteiger partial charge in [0.25, 0.3) is 0 Å². The van der Waals surface area contributed by atoms with Gasteiger partial charge in [-0.15, -0.1) is 0 Å². The van der Waals surface area contributed by atoms with Gasteiger partial charge in [0.05, 0.1) is 41.7 Å². The number of aliphatic hydroxyl groups excluding tert-OH is 1. The number of alkyl halides is 1. The lowest BCUT2D eigenvalue weighted by atomic mass is 9.76. The molecule has 3 saturated heterocycles. The molecule has 152 valence electrons. The molecule has 6 heteroatoms. The van der Waals surface area contributed by atoms with Crippen LogP contribution in [0.25, 0.3) is 0 Å². The molecular weight excluding hydrogens is 400 g/mol. The second kappa shape index (κ2) is 6.96. The van der Waals surface area contributed by atoms with Gasteiger partial charge in [0, 0.05) is 4.83 Å². The Morgan fingerprint density at radius 2 is 1.62 bits per heavy atom. The van der Waals surface area contributed by atoms with Crippen LogP contribution >= 0.6 is 15.9 Å². The third-order valence-electron chi connectivity index (χ3n) is 6.85. The molecule has 0 radical (unpaired) electrons. The van der Waals surface area contributed by atoms with Gasteiger partial charge < -0.3 is 24.4 Å². The van der Waals surface area contributed by atoms with Crippen molar-refractivity contribution >= 4 is 15.9 Å². The van der Waals surface area contributed by atoms with Gasteiger partial charge in [-0.3, -0.25) is 0 Å². The number of fused-ring (bicyclic) bond motifs is 1. The molecular formula is C20H35BrO5. The van der Waals surface area contributed by atoms with Gasteiger partial charge in [0.2, 0.25) is 0 Å². The molecule has 2 N–H and O–H groups in total. The Balaban J connectivity index is 1.69. The van der Waals surface area contributed by atoms with Gasteiger partial charge in [-0.1, -0.05) is 15.9 Å². The molecule has 0 amide bonds. The van der Waals surface area contributed by atoms with Crippen LogP contribution in [0.15, 0.2) is 0 Å². The summed E-state index contributed by atoms with van der Waals surface area (Å²) in [6.07, 6.45) is 5.00. The van der Waals surface area contributed by atoms with Crippen molar-refractivity contribution in [3.63, 3.8) is 0 Å². The van der Waals surface area contributed by atoms with E-state index in [4.69, 9.17) is 14.2 Å². The summed E-state index contributed by atoms with van der Waals surface area (Å²) in [7, 11) is 0. The van der Waals surface area contributed by atoms with Crippen LogP contribution < -0.4 is 0 Å². The average molecular weight is 435 g/mol. The lowest BCUT2D eigenvalue weighted by Crippen LogP contribution is -2.64. The highest BCUT2D eigenvalue weighted by Gasteiger charge is 2.55. The SMILES string of the molecule is CC1(C)O[C@](C)([C@H]2CC[C@]3(C)O[C@@H]([C@@](C)(O)CO)CC[C@H]3O2)CC[C@H]1Br. The molecule has 7 atom stereocenters. The van der Waals surface area contributed by atoms with Crippen LogP contribution in [0.1, 0.15) is 73.1 Å². The summed E-state index contributed by atoms with van der Waals surface area (Å²) < 4.78 is 19.4. The van der Waals surface area contributed by atoms with E-state index in [1.807, 2.05) is 0 Å². The van der Waals surface area contributed by atoms with Gasteiger partial charge in [-0.25, -0.2) is 0 Å². The summed E-state index contributed by atoms with van der Waals surface area (Å²) in [6.45, 7) is 9.89. The quantitative estimate of drug-likeness (QED) is 0.666. The summed E-state index contributed by atoms with van der Waals surface area (Å²) in [5, 5.41) is 19.9. The van der Waals surface area contributed by atoms with Crippen molar-refractivity contribution in [2.45, 2.75) is 119 Å². The molecule has 3 fully saturated rings. The number of hydrogen-bond acceptors (Lipinski definition) is 5. The predicted molar refractivity (Wildman–Crippen MR) is 104 cm³/mol. The molecule has 3 aliphatic rings. The van der Waals surface area contributed by atoms with Gasteiger partial charge in [-0.2, -0.15) is 0 Å². The monoisotopic (exact) mass is 434 g/mol. The standard InChI is InChI=1S/C20H35BrO5/c1-17(2)13(21)8-10-20(5,26-17)16-9-11-19(4)15(24-16)7-6-14(25-19)18(3,23)12-22/h13-16,22-23H,6-12H2,1-5H3/t13-,14-,15-,16-,18+,19+,20+/m1/s1. The molecule has 3 aliphatic heterocycles. The van der Waals surface area contributed by atoms with Crippen LogP contribution in [0, 0.1) is 0 Å². The first kappa shape index (κ1) is 21.0. The highest BCUT2D eigenvalue weighted by molar-refractivity contribution is 9.09. The van der Waals surface area contributed by atoms with Crippen molar-refractivity contribution < 1.29 is 24.4 Å². The summed E-state index contributed by atoms with van der Waals surface area (Å²) in [5.41, 5.74) is -2.14. The molecule has 0 aromatic carbocycles. The topological polar surface area (TPSA) is 68.2 Å². The van der Waals surface area contributed by atoms with Gasteiger partial charge >= 0.3 is 0 Å². The molecule has 3 heterocycles. The smallest absolute Gasteiger partial charge is 0.111 e. The fraction of sp³-hybridized carbons (Fsp3) is 1.00. The van der Waals surface area contributed by atoms with Gasteiger partial charge in [0.15, 0.2) is 0 Å². The minimum atomic E-state index is -1.21. The second-order valence-electron chi connectivity index (χ2n) is 9.69. The fourth-order valence-corrected chi connectivity index (χ4v) is 5.20. The van der Waals surface area contributed by atoms with E-state index < -0.39 is 11.2 Å². The van der Waals surface area contributed by atoms with E-state index in [1.54, 1.807) is 6.92 Å². The van der Waals surface area contributed by atoms with Gasteiger partial charge in [-0.05, 0) is 73.1 Å². The molecule has 0 bridgehead atoms. The van der Waals surface area contributed by atoms with E-state index in [0.29, 0.717) is 11.2 Å². The molecule has 0 unspecified atom stereocenters. The zero-order valence-electron chi connectivity index (χ0n) is 16.8. The zero-order valence-corrected chi connectivity index (χ0v) is 18.3. The van der Waals surface area contributed by atoms with E-state index in [0.717, 1.165) is 32.1 Å². The molecule has 0 aromatic rings. The Kier molecular flexibility index (Phi) is 5.62. The highest BCUT2D eigenvalue weighted by atomic mass is 79.9. The molecule has 0 saturated carbocycles. The van der Waals surface area contributed by atoms with Crippen molar-refractivity contribution in [3.8, 4) is 0 Å². The van der Waals surface area contributed by atoms with Crippen molar-refractivity contribution in [1.29, 1.82) is 0 Å². The largest absolute Gasteiger partial charge is 0.393 e. The van der Waals surface area contributed by atoms with E-state index >= 15 is 0 Å². The molecule has 0 spiro atoms. The third kappa shape index (κ3) is 3.74. The second-order valence-corrected chi connectivity index (χ2v) is 10.8. The van der Waals surface area contributed by atoms with Crippen LogP contribution in [0.4, 0.5) is 0 Å². The molecule has 3 rings (SSSR count). The number of halogens is 1. The van der Waals surface area contributed by atoms with Crippen molar-refractivity contribution in [3.05, 3.63) is 0 Å². The number of ether oxygens (including phenoxy) is 3. The summed E-state index contributed by atoms with van der Waals surface area (Å²) in [4.78, 5) is 0.358. The van der Waals surface area contributed by atoms with E-state index in [2.05, 4.69) is 43.6 Å². The molecule has 5 nitrogen and oxygen atoms in total. The first-order chi connectivity index (χ1) is 11.9. The minimum Gasteiger partial charge on any atom is -0.393 e. The molecule has 26 heavy (non-hydrogen) atoms. The van der Waals surface area contributed by atoms with Crippen molar-refractivity contribution in [2.75, 3.05) is 6.61 Å². The lowest BCUT2D eigenvalue weighted by Gasteiger charge is -2.56. The Bertz CT molecular complexity index is 524. The summed E-state index contributed by atoms with van der Waals surface area (Å²) >= 11 is 3.75. The molecule has 0 aromatic heterocycles. The minimum absolute atomic E-state index is 0.00257. The first-order valence-corrected chi connectivity index (χ1v) is 10.8. The van der Waals surface area contributed by atoms with Crippen LogP contribution in [0.2, 0.25) is 0 Å². The van der Waals surface area contributed by atoms with Gasteiger partial charge in [0.1, 0.15) is 5.60 Å². The Labute approximate surface area is 165 Å². The van der Waals surface area contributed by atoms with Crippen LogP contribution in [0.3, 0.4) is 0 Å². The number of aliphatic hydroxyl groups is 2. The Hall–Kier alpha value is 0.280. The molecule has 0 aliphatic carbocycles. The van der Waals surface area contributed by atoms with Crippen molar-refractivity contribution in [2.24, 2.45) is 0 Å². The predicted octanol–water partition coefficient (Wildman–Crippen LogP) is 3.33.